The highest BCUT2D eigenvalue weighted by Gasteiger charge is 2.48. The third-order valence-electron chi connectivity index (χ3n) is 1.75. The predicted octanol–water partition coefficient (Wildman–Crippen LogP) is 2.12. The van der Waals surface area contributed by atoms with Crippen LogP contribution in [0.3, 0.4) is 0 Å². The Balaban J connectivity index is 3.18. The first-order valence-electron chi connectivity index (χ1n) is 4.26. The van der Waals surface area contributed by atoms with Gasteiger partial charge < -0.3 is 4.18 Å². The molecular weight excluding hydrogens is 261 g/mol. The molecule has 17 heavy (non-hydrogen) atoms. The first-order chi connectivity index (χ1) is 7.65. The van der Waals surface area contributed by atoms with E-state index in [1.165, 1.54) is 18.2 Å². The van der Waals surface area contributed by atoms with Crippen molar-refractivity contribution in [2.24, 2.45) is 0 Å². The summed E-state index contributed by atoms with van der Waals surface area (Å²) in [5.41, 5.74) is -5.77. The Kier molecular flexibility index (Phi) is 3.46. The number of benzene rings is 1. The molecule has 0 atom stereocenters. The number of para-hydroxylation sites is 1. The van der Waals surface area contributed by atoms with E-state index in [-0.39, 0.29) is 5.56 Å². The third-order valence-corrected chi connectivity index (χ3v) is 2.72. The zero-order chi connectivity index (χ0) is 13.3. The van der Waals surface area contributed by atoms with E-state index in [0.29, 0.717) is 0 Å². The number of rotatable bonds is 3. The van der Waals surface area contributed by atoms with Crippen LogP contribution in [0.2, 0.25) is 0 Å². The molecule has 0 unspecified atom stereocenters. The molecule has 0 fully saturated rings. The quantitative estimate of drug-likeness (QED) is 0.478. The highest BCUT2D eigenvalue weighted by molar-refractivity contribution is 7.88. The molecule has 0 N–H and O–H groups in total. The summed E-state index contributed by atoms with van der Waals surface area (Å²) in [6.45, 7) is 1.09. The van der Waals surface area contributed by atoms with Crippen LogP contribution in [0.1, 0.15) is 17.3 Å². The van der Waals surface area contributed by atoms with Gasteiger partial charge in [0.1, 0.15) is 0 Å². The molecule has 0 saturated heterocycles. The smallest absolute Gasteiger partial charge is 0.375 e. The maximum Gasteiger partial charge on any atom is 0.534 e. The summed E-state index contributed by atoms with van der Waals surface area (Å²) in [5, 5.41) is 0. The number of ketones is 1. The van der Waals surface area contributed by atoms with E-state index in [2.05, 4.69) is 4.18 Å². The van der Waals surface area contributed by atoms with Crippen LogP contribution in [0.25, 0.3) is 0 Å². The van der Waals surface area contributed by atoms with Crippen molar-refractivity contribution in [1.82, 2.24) is 0 Å². The van der Waals surface area contributed by atoms with Gasteiger partial charge in [0.25, 0.3) is 0 Å². The van der Waals surface area contributed by atoms with Gasteiger partial charge in [-0.3, -0.25) is 4.79 Å². The highest BCUT2D eigenvalue weighted by Crippen LogP contribution is 2.28. The summed E-state index contributed by atoms with van der Waals surface area (Å²) in [6.07, 6.45) is 0. The van der Waals surface area contributed by atoms with Gasteiger partial charge in [-0.2, -0.15) is 21.6 Å². The third kappa shape index (κ3) is 2.96. The van der Waals surface area contributed by atoms with Crippen molar-refractivity contribution in [2.45, 2.75) is 12.4 Å². The summed E-state index contributed by atoms with van der Waals surface area (Å²) in [4.78, 5) is 11.0. The van der Waals surface area contributed by atoms with Gasteiger partial charge in [0.05, 0.1) is 5.56 Å². The Hall–Kier alpha value is -1.57. The normalized spacial score (nSPS) is 12.2. The van der Waals surface area contributed by atoms with Crippen LogP contribution in [-0.2, 0) is 10.1 Å². The molecule has 0 amide bonds. The van der Waals surface area contributed by atoms with E-state index < -0.39 is 27.2 Å². The largest absolute Gasteiger partial charge is 0.534 e. The Morgan fingerprint density at radius 1 is 1.24 bits per heavy atom. The van der Waals surface area contributed by atoms with Gasteiger partial charge >= 0.3 is 15.6 Å². The minimum absolute atomic E-state index is 0.236. The van der Waals surface area contributed by atoms with Crippen molar-refractivity contribution in [2.75, 3.05) is 0 Å². The molecule has 8 heteroatoms. The summed E-state index contributed by atoms with van der Waals surface area (Å²) < 4.78 is 61.5. The van der Waals surface area contributed by atoms with Gasteiger partial charge in [-0.25, -0.2) is 0 Å². The second-order valence-electron chi connectivity index (χ2n) is 3.04. The Labute approximate surface area is 95.1 Å². The molecule has 0 saturated carbocycles. The molecule has 0 aliphatic carbocycles. The van der Waals surface area contributed by atoms with Gasteiger partial charge in [-0.15, -0.1) is 0 Å². The molecule has 1 aromatic rings. The van der Waals surface area contributed by atoms with Gasteiger partial charge in [0.15, 0.2) is 11.5 Å². The lowest BCUT2D eigenvalue weighted by Crippen LogP contribution is -2.28. The lowest BCUT2D eigenvalue weighted by Gasteiger charge is -2.11. The van der Waals surface area contributed by atoms with Crippen LogP contribution in [0.15, 0.2) is 24.3 Å². The fourth-order valence-corrected chi connectivity index (χ4v) is 1.47. The van der Waals surface area contributed by atoms with Gasteiger partial charge in [0.2, 0.25) is 0 Å². The lowest BCUT2D eigenvalue weighted by molar-refractivity contribution is -0.0500. The zero-order valence-corrected chi connectivity index (χ0v) is 9.30. The number of Topliss-reactive ketones (excluding diaryl/α,β-unsaturated/α-hetero) is 1. The van der Waals surface area contributed by atoms with Crippen LogP contribution in [0.4, 0.5) is 13.2 Å². The molecule has 0 aromatic heterocycles. The van der Waals surface area contributed by atoms with Crippen molar-refractivity contribution in [3.8, 4) is 5.75 Å². The SMILES string of the molecule is CC(=O)c1ccccc1OS(=O)(=O)C(F)(F)F. The van der Waals surface area contributed by atoms with E-state index in [1.54, 1.807) is 0 Å². The number of alkyl halides is 3. The first-order valence-corrected chi connectivity index (χ1v) is 5.66. The van der Waals surface area contributed by atoms with Crippen LogP contribution >= 0.6 is 0 Å². The first kappa shape index (κ1) is 13.5. The average Bonchev–Trinajstić information content (AvgIpc) is 2.15. The topological polar surface area (TPSA) is 60.4 Å². The lowest BCUT2D eigenvalue weighted by atomic mass is 10.1. The maximum absolute atomic E-state index is 12.1. The Bertz CT molecular complexity index is 533. The Morgan fingerprint density at radius 2 is 1.76 bits per heavy atom. The minimum Gasteiger partial charge on any atom is -0.375 e. The van der Waals surface area contributed by atoms with E-state index in [4.69, 9.17) is 0 Å². The van der Waals surface area contributed by atoms with Crippen molar-refractivity contribution < 1.29 is 30.6 Å². The van der Waals surface area contributed by atoms with Crippen molar-refractivity contribution in [1.29, 1.82) is 0 Å². The predicted molar refractivity (Wildman–Crippen MR) is 52.0 cm³/mol. The molecular formula is C9H7F3O4S. The van der Waals surface area contributed by atoms with E-state index in [1.807, 2.05) is 0 Å². The molecule has 0 aliphatic heterocycles. The fraction of sp³-hybridized carbons (Fsp3) is 0.222. The molecule has 0 aliphatic rings. The minimum atomic E-state index is -5.76. The average molecular weight is 268 g/mol. The van der Waals surface area contributed by atoms with Crippen LogP contribution in [0.5, 0.6) is 5.75 Å². The van der Waals surface area contributed by atoms with Gasteiger partial charge in [-0.05, 0) is 19.1 Å². The molecule has 1 aromatic carbocycles. The van der Waals surface area contributed by atoms with Crippen LogP contribution < -0.4 is 4.18 Å². The highest BCUT2D eigenvalue weighted by atomic mass is 32.2. The molecule has 1 rings (SSSR count). The van der Waals surface area contributed by atoms with E-state index >= 15 is 0 Å². The second-order valence-corrected chi connectivity index (χ2v) is 4.57. The van der Waals surface area contributed by atoms with Crippen LogP contribution in [-0.4, -0.2) is 19.7 Å². The maximum atomic E-state index is 12.1. The number of carbonyl (C=O) groups is 1. The summed E-state index contributed by atoms with van der Waals surface area (Å²) >= 11 is 0. The summed E-state index contributed by atoms with van der Waals surface area (Å²) in [7, 11) is -5.76. The summed E-state index contributed by atoms with van der Waals surface area (Å²) in [5.74, 6) is -1.24. The second kappa shape index (κ2) is 4.36. The standard InChI is InChI=1S/C9H7F3O4S/c1-6(13)7-4-2-3-5-8(7)16-17(14,15)9(10,11)12/h2-5H,1H3. The van der Waals surface area contributed by atoms with E-state index in [9.17, 15) is 26.4 Å². The molecule has 0 spiro atoms. The van der Waals surface area contributed by atoms with Crippen LogP contribution in [0, 0.1) is 0 Å². The van der Waals surface area contributed by atoms with Crippen molar-refractivity contribution in [3.63, 3.8) is 0 Å². The molecule has 0 radical (unpaired) electrons. The molecule has 4 nitrogen and oxygen atoms in total. The monoisotopic (exact) mass is 268 g/mol. The fourth-order valence-electron chi connectivity index (χ4n) is 0.996. The Morgan fingerprint density at radius 3 is 2.24 bits per heavy atom. The summed E-state index contributed by atoms with van der Waals surface area (Å²) in [6, 6.07) is 4.78. The van der Waals surface area contributed by atoms with Gasteiger partial charge in [0, 0.05) is 0 Å². The molecule has 94 valence electrons. The number of carbonyl (C=O) groups excluding carboxylic acids is 1. The molecule has 0 bridgehead atoms. The zero-order valence-electron chi connectivity index (χ0n) is 8.48. The van der Waals surface area contributed by atoms with Crippen molar-refractivity contribution in [3.05, 3.63) is 29.8 Å². The van der Waals surface area contributed by atoms with Gasteiger partial charge in [-0.1, -0.05) is 12.1 Å². The van der Waals surface area contributed by atoms with Crippen molar-refractivity contribution >= 4 is 15.9 Å². The van der Waals surface area contributed by atoms with E-state index in [0.717, 1.165) is 13.0 Å². The number of hydrogen-bond donors (Lipinski definition) is 0. The molecule has 0 heterocycles. The number of hydrogen-bond acceptors (Lipinski definition) is 4. The number of halogens is 3.